The van der Waals surface area contributed by atoms with Gasteiger partial charge in [0.05, 0.1) is 111 Å². The van der Waals surface area contributed by atoms with Crippen LogP contribution < -0.4 is 27.0 Å². The first-order valence-electron chi connectivity index (χ1n) is 33.5. The Morgan fingerprint density at radius 1 is 0.688 bits per heavy atom. The van der Waals surface area contributed by atoms with E-state index < -0.39 is 129 Å². The first-order valence-corrected chi connectivity index (χ1v) is 44.2. The standard InChI is InChI=1S/C62H90N7O33P3S4/c1-61(2)47-40-45(108(88,89)90)18-20-49(47)67(27-13-39-107(85,86)87)52(61)15-6-4-7-16-53-62(3,23-9-11-38-106(82,83)84)48-41-46(109(91,92)93)19-21-50(48)68(53)26-10-5-8-17-54(70)65-25-29-95-31-33-97-35-37-98-36-34-96-32-30-94-28-22-55(71)64-24-12-14-44-42-69(60(74)66-58(44)63)59-57(73)56(72)51(100-59)43-99-104(78,79)102-105(80,81)101-103(75,76)77/h4,6-7,15-16,18-21,40-42,51,56-57,59,72-73H,5,8-11,13,17,22-39,43H2,1-3H3,(H11-,63,64,65,66,70,71,74,75,76,77,78,79,80,81,82,83,84,85,86,87,88,89,90,91,92,93)/p+1/t51-,56-,57-,59-,62?/m1/s1. The maximum absolute atomic E-state index is 12.8. The molecule has 3 aliphatic heterocycles. The molecule has 2 aromatic carbocycles. The summed E-state index contributed by atoms with van der Waals surface area (Å²) in [5.41, 5.74) is 6.36. The molecule has 2 amide bonds. The van der Waals surface area contributed by atoms with Crippen molar-refractivity contribution in [2.24, 2.45) is 0 Å². The summed E-state index contributed by atoms with van der Waals surface area (Å²) >= 11 is 0. The van der Waals surface area contributed by atoms with Crippen molar-refractivity contribution in [1.82, 2.24) is 20.2 Å². The van der Waals surface area contributed by atoms with Gasteiger partial charge in [0.1, 0.15) is 30.7 Å². The second kappa shape index (κ2) is 40.7. The number of rotatable bonds is 47. The van der Waals surface area contributed by atoms with E-state index >= 15 is 0 Å². The number of aliphatic hydroxyl groups is 2. The largest absolute Gasteiger partial charge is 0.490 e. The number of allylic oxidation sites excluding steroid dienone is 6. The van der Waals surface area contributed by atoms with Crippen LogP contribution in [0.3, 0.4) is 0 Å². The Bertz CT molecular complexity index is 4580. The van der Waals surface area contributed by atoms with E-state index in [4.69, 9.17) is 43.9 Å². The lowest BCUT2D eigenvalue weighted by molar-refractivity contribution is -0.437. The number of benzene rings is 2. The summed E-state index contributed by atoms with van der Waals surface area (Å²) in [6.45, 7) is 7.15. The summed E-state index contributed by atoms with van der Waals surface area (Å²) < 4.78 is 217. The molecule has 1 aromatic heterocycles. The molecule has 3 aromatic rings. The number of carbonyl (C=O) groups is 2. The molecule has 109 heavy (non-hydrogen) atoms. The number of aliphatic hydroxyl groups excluding tert-OH is 2. The van der Waals surface area contributed by atoms with Gasteiger partial charge in [-0.05, 0) is 88.4 Å². The number of phosphoric acid groups is 3. The highest BCUT2D eigenvalue weighted by Gasteiger charge is 2.49. The van der Waals surface area contributed by atoms with Gasteiger partial charge in [-0.1, -0.05) is 42.9 Å². The molecule has 0 radical (unpaired) electrons. The monoisotopic (exact) mass is 1680 g/mol. The lowest BCUT2D eigenvalue weighted by Crippen LogP contribution is -2.36. The zero-order chi connectivity index (χ0) is 80.8. The first kappa shape index (κ1) is 91.9. The van der Waals surface area contributed by atoms with Crippen LogP contribution in [0, 0.1) is 11.8 Å². The van der Waals surface area contributed by atoms with Crippen molar-refractivity contribution in [3.63, 3.8) is 0 Å². The van der Waals surface area contributed by atoms with Crippen molar-refractivity contribution in [2.45, 2.75) is 124 Å². The number of unbranched alkanes of at least 4 members (excludes halogenated alkanes) is 3. The fourth-order valence-electron chi connectivity index (χ4n) is 11.7. The van der Waals surface area contributed by atoms with E-state index in [2.05, 4.69) is 40.6 Å². The third kappa shape index (κ3) is 29.5. The van der Waals surface area contributed by atoms with E-state index in [9.17, 15) is 100.0 Å². The third-order valence-corrected chi connectivity index (χ3v) is 23.9. The number of nitrogens with one attached hydrogen (secondary N) is 2. The highest BCUT2D eigenvalue weighted by atomic mass is 32.2. The number of fused-ring (bicyclic) bond motifs is 2. The molecule has 4 heterocycles. The van der Waals surface area contributed by atoms with Gasteiger partial charge in [-0.25, -0.2) is 18.5 Å². The molecule has 3 unspecified atom stereocenters. The minimum Gasteiger partial charge on any atom is -0.387 e. The van der Waals surface area contributed by atoms with Crippen LogP contribution in [0.15, 0.2) is 93.3 Å². The van der Waals surface area contributed by atoms with Gasteiger partial charge in [-0.15, -0.1) is 0 Å². The van der Waals surface area contributed by atoms with Crippen LogP contribution in [0.4, 0.5) is 17.2 Å². The molecule has 1 fully saturated rings. The smallest absolute Gasteiger partial charge is 0.387 e. The predicted molar refractivity (Wildman–Crippen MR) is 386 cm³/mol. The molecule has 0 aliphatic carbocycles. The number of carbonyl (C=O) groups excluding carboxylic acids is 2. The Labute approximate surface area is 629 Å². The van der Waals surface area contributed by atoms with Crippen molar-refractivity contribution in [2.75, 3.05) is 121 Å². The fourth-order valence-corrected chi connectivity index (χ4v) is 16.8. The average Bonchev–Trinajstić information content (AvgIpc) is 1.59. The Hall–Kier alpha value is -5.96. The summed E-state index contributed by atoms with van der Waals surface area (Å²) in [7, 11) is -35.0. The Balaban J connectivity index is 0.852. The van der Waals surface area contributed by atoms with E-state index in [1.165, 1.54) is 30.3 Å². The van der Waals surface area contributed by atoms with Crippen LogP contribution in [-0.2, 0) is 116 Å². The zero-order valence-corrected chi connectivity index (χ0v) is 65.3. The lowest BCUT2D eigenvalue weighted by atomic mass is 9.77. The van der Waals surface area contributed by atoms with Gasteiger partial charge in [0.15, 0.2) is 11.9 Å². The number of hydrogen-bond donors (Lipinski definition) is 13. The Morgan fingerprint density at radius 2 is 1.27 bits per heavy atom. The highest BCUT2D eigenvalue weighted by molar-refractivity contribution is 7.86. The van der Waals surface area contributed by atoms with E-state index in [-0.39, 0.29) is 151 Å². The predicted octanol–water partition coefficient (Wildman–Crippen LogP) is 2.09. The molecule has 6 rings (SSSR count). The van der Waals surface area contributed by atoms with Crippen molar-refractivity contribution >= 4 is 98.7 Å². The van der Waals surface area contributed by atoms with Crippen LogP contribution in [0.1, 0.15) is 101 Å². The molecular weight excluding hydrogens is 1590 g/mol. The number of phosphoric ester groups is 1. The number of aromatic nitrogens is 2. The van der Waals surface area contributed by atoms with E-state index in [1.54, 1.807) is 34.9 Å². The van der Waals surface area contributed by atoms with Crippen LogP contribution in [-0.4, -0.2) is 242 Å². The van der Waals surface area contributed by atoms with Gasteiger partial charge in [0.2, 0.25) is 17.5 Å². The van der Waals surface area contributed by atoms with Gasteiger partial charge >= 0.3 is 29.2 Å². The average molecular weight is 1680 g/mol. The normalized spacial score (nSPS) is 20.3. The lowest BCUT2D eigenvalue weighted by Gasteiger charge is -2.30. The van der Waals surface area contributed by atoms with Gasteiger partial charge in [-0.2, -0.15) is 51.9 Å². The zero-order valence-electron chi connectivity index (χ0n) is 59.3. The number of hydrogen-bond acceptors (Lipinski definition) is 28. The molecule has 1 saturated heterocycles. The maximum atomic E-state index is 12.8. The summed E-state index contributed by atoms with van der Waals surface area (Å²) in [6, 6.07) is 8.32. The summed E-state index contributed by atoms with van der Waals surface area (Å²) in [5, 5.41) is 26.4. The molecule has 14 N–H and O–H groups in total. The number of anilines is 2. The summed E-state index contributed by atoms with van der Waals surface area (Å²) in [5.74, 6) is 3.15. The molecule has 47 heteroatoms. The van der Waals surface area contributed by atoms with Crippen molar-refractivity contribution in [3.05, 3.63) is 106 Å². The van der Waals surface area contributed by atoms with Gasteiger partial charge in [-0.3, -0.25) is 36.9 Å². The van der Waals surface area contributed by atoms with Crippen LogP contribution >= 0.6 is 23.5 Å². The number of nitrogen functional groups attached to an aromatic ring is 1. The minimum atomic E-state index is -5.86. The van der Waals surface area contributed by atoms with E-state index in [0.29, 0.717) is 64.3 Å². The first-order chi connectivity index (χ1) is 50.8. The second-order valence-corrected chi connectivity index (χ2v) is 35.8. The van der Waals surface area contributed by atoms with Gasteiger partial charge in [0.25, 0.3) is 40.5 Å². The van der Waals surface area contributed by atoms with Gasteiger partial charge < -0.3 is 79.5 Å². The summed E-state index contributed by atoms with van der Waals surface area (Å²) in [6.07, 6.45) is 4.93. The van der Waals surface area contributed by atoms with E-state index in [0.717, 1.165) is 6.20 Å². The SMILES string of the molecule is CC1(C)C(C=CC=CC=C2N(CCCCCC(=O)NCCOCCOCCOCCOCCOCCC(=O)NCC#Cc3cn([C@@H]4O[C@H](COP(=O)(O)OP(=O)(O)OP(=O)(O)O)[C@@H](O)[C@H]4O)c(=O)nc3N)c3ccc(S(=O)(=O)O)cc3C2(C)CCCCS(=O)(=O)O)=[N+](CCCS(=O)(=O)O)c2ccc(S(=O)(=O)O)cc21. The molecule has 610 valence electrons. The number of nitrogens with zero attached hydrogens (tertiary/aromatic N) is 4. The van der Waals surface area contributed by atoms with Crippen molar-refractivity contribution in [3.8, 4) is 11.8 Å². The molecular formula is C62H91N7O33P3S4+. The van der Waals surface area contributed by atoms with Gasteiger partial charge in [0, 0.05) is 73.1 Å². The molecule has 40 nitrogen and oxygen atoms in total. The molecule has 7 atom stereocenters. The van der Waals surface area contributed by atoms with Crippen LogP contribution in [0.5, 0.6) is 0 Å². The number of nitrogens with two attached hydrogens (primary N) is 1. The van der Waals surface area contributed by atoms with E-state index in [1.807, 2.05) is 31.7 Å². The van der Waals surface area contributed by atoms with Crippen molar-refractivity contribution in [1.29, 1.82) is 0 Å². The minimum absolute atomic E-state index is 0.00916. The Morgan fingerprint density at radius 3 is 1.87 bits per heavy atom. The highest BCUT2D eigenvalue weighted by Crippen LogP contribution is 2.66. The fraction of sp³-hybridized carbons (Fsp3) is 0.565. The van der Waals surface area contributed by atoms with Crippen LogP contribution in [0.2, 0.25) is 0 Å². The molecule has 0 saturated carbocycles. The molecule has 3 aliphatic rings. The Kier molecular flexibility index (Phi) is 34.3. The molecule has 0 bridgehead atoms. The maximum Gasteiger partial charge on any atom is 0.490 e. The number of ether oxygens (including phenoxy) is 6. The third-order valence-electron chi connectivity index (χ3n) is 16.8. The summed E-state index contributed by atoms with van der Waals surface area (Å²) in [4.78, 5) is 79.2. The second-order valence-electron chi connectivity index (χ2n) is 25.3. The number of amides is 2. The topological polar surface area (TPSA) is 599 Å². The quantitative estimate of drug-likeness (QED) is 0.00961. The molecule has 0 spiro atoms. The van der Waals surface area contributed by atoms with Crippen LogP contribution in [0.25, 0.3) is 0 Å². The van der Waals surface area contributed by atoms with Crippen molar-refractivity contribution < 1.29 is 151 Å².